The van der Waals surface area contributed by atoms with Gasteiger partial charge in [0, 0.05) is 0 Å². The molecule has 0 spiro atoms. The van der Waals surface area contributed by atoms with Crippen LogP contribution in [0.4, 0.5) is 0 Å². The lowest BCUT2D eigenvalue weighted by Crippen LogP contribution is -1.94. The van der Waals surface area contributed by atoms with E-state index in [2.05, 4.69) is 20.4 Å². The first kappa shape index (κ1) is 17.8. The fourth-order valence-corrected chi connectivity index (χ4v) is 2.94. The Bertz CT molecular complexity index is 246. The molecule has 1 heterocycles. The van der Waals surface area contributed by atoms with Crippen molar-refractivity contribution >= 4 is 0 Å². The van der Waals surface area contributed by atoms with Crippen molar-refractivity contribution in [2.24, 2.45) is 0 Å². The Kier molecular flexibility index (Phi) is 10.1. The summed E-state index contributed by atoms with van der Waals surface area (Å²) in [4.78, 5) is 0. The first-order valence-corrected chi connectivity index (χ1v) is 9.04. The topological polar surface area (TPSA) is 12.5 Å². The summed E-state index contributed by atoms with van der Waals surface area (Å²) in [5.74, 6) is 0. The van der Waals surface area contributed by atoms with E-state index in [1.54, 1.807) is 0 Å². The van der Waals surface area contributed by atoms with E-state index in [1.165, 1.54) is 89.0 Å². The molecule has 0 N–H and O–H groups in total. The van der Waals surface area contributed by atoms with Gasteiger partial charge in [0.2, 0.25) is 0 Å². The quantitative estimate of drug-likeness (QED) is 0.203. The molecule has 0 radical (unpaired) electrons. The number of ether oxygens (including phenoxy) is 1. The Labute approximate surface area is 127 Å². The zero-order valence-electron chi connectivity index (χ0n) is 14.0. The number of epoxide rings is 1. The molecule has 0 bridgehead atoms. The molecule has 1 heteroatoms. The lowest BCUT2D eigenvalue weighted by atomic mass is 10.0. The van der Waals surface area contributed by atoms with E-state index in [9.17, 15) is 0 Å². The highest BCUT2D eigenvalue weighted by Crippen LogP contribution is 2.31. The van der Waals surface area contributed by atoms with Gasteiger partial charge in [-0.2, -0.15) is 0 Å². The molecule has 0 aromatic carbocycles. The predicted molar refractivity (Wildman–Crippen MR) is 89.2 cm³/mol. The van der Waals surface area contributed by atoms with Crippen LogP contribution in [0.25, 0.3) is 0 Å². The van der Waals surface area contributed by atoms with Crippen molar-refractivity contribution in [3.63, 3.8) is 0 Å². The largest absolute Gasteiger partial charge is 0.370 e. The molecule has 1 rings (SSSR count). The van der Waals surface area contributed by atoms with E-state index < -0.39 is 0 Å². The molecule has 1 nitrogen and oxygen atoms in total. The third-order valence-electron chi connectivity index (χ3n) is 4.37. The van der Waals surface area contributed by atoms with E-state index in [-0.39, 0.29) is 0 Å². The summed E-state index contributed by atoms with van der Waals surface area (Å²) >= 11 is 0. The maximum atomic E-state index is 5.76. The summed E-state index contributed by atoms with van der Waals surface area (Å²) in [6.07, 6.45) is 18.9. The Balaban J connectivity index is 1.77. The molecule has 1 saturated heterocycles. The van der Waals surface area contributed by atoms with Crippen molar-refractivity contribution in [2.45, 2.75) is 110 Å². The summed E-state index contributed by atoms with van der Waals surface area (Å²) in [5, 5.41) is 0. The van der Waals surface area contributed by atoms with Crippen LogP contribution in [-0.4, -0.2) is 12.2 Å². The number of hydrogen-bond acceptors (Lipinski definition) is 1. The Morgan fingerprint density at radius 1 is 0.800 bits per heavy atom. The molecule has 20 heavy (non-hydrogen) atoms. The number of rotatable bonds is 14. The van der Waals surface area contributed by atoms with Gasteiger partial charge in [-0.3, -0.25) is 0 Å². The van der Waals surface area contributed by atoms with E-state index in [1.807, 2.05) is 0 Å². The number of unbranched alkanes of at least 4 members (excludes halogenated alkanes) is 8. The standard InChI is InChI=1S/C19H36O/c1-4-5-6-7-8-9-10-11-15-18-19(20-18)16-13-12-14-17(2)3/h18-19H,2,4-16H2,1,3H3/t18-,19+/m1/s1. The van der Waals surface area contributed by atoms with Gasteiger partial charge in [-0.15, -0.1) is 6.58 Å². The van der Waals surface area contributed by atoms with Gasteiger partial charge < -0.3 is 4.74 Å². The molecule has 1 aliphatic heterocycles. The molecule has 0 unspecified atom stereocenters. The molecular weight excluding hydrogens is 244 g/mol. The van der Waals surface area contributed by atoms with E-state index in [0.29, 0.717) is 12.2 Å². The monoisotopic (exact) mass is 280 g/mol. The minimum absolute atomic E-state index is 0.602. The van der Waals surface area contributed by atoms with Gasteiger partial charge in [-0.25, -0.2) is 0 Å². The van der Waals surface area contributed by atoms with Crippen molar-refractivity contribution in [1.29, 1.82) is 0 Å². The zero-order chi connectivity index (χ0) is 14.6. The molecule has 0 saturated carbocycles. The second kappa shape index (κ2) is 11.4. The van der Waals surface area contributed by atoms with Gasteiger partial charge in [-0.05, 0) is 32.6 Å². The third-order valence-corrected chi connectivity index (χ3v) is 4.37. The third kappa shape index (κ3) is 9.58. The zero-order valence-corrected chi connectivity index (χ0v) is 14.0. The highest BCUT2D eigenvalue weighted by Gasteiger charge is 2.36. The van der Waals surface area contributed by atoms with Crippen molar-refractivity contribution in [2.75, 3.05) is 0 Å². The molecule has 0 aromatic rings. The van der Waals surface area contributed by atoms with Crippen LogP contribution in [0.3, 0.4) is 0 Å². The Hall–Kier alpha value is -0.300. The van der Waals surface area contributed by atoms with Crippen LogP contribution < -0.4 is 0 Å². The van der Waals surface area contributed by atoms with Gasteiger partial charge in [0.25, 0.3) is 0 Å². The van der Waals surface area contributed by atoms with Crippen LogP contribution in [0.5, 0.6) is 0 Å². The molecule has 1 fully saturated rings. The van der Waals surface area contributed by atoms with Crippen LogP contribution in [0, 0.1) is 0 Å². The first-order chi connectivity index (χ1) is 9.74. The van der Waals surface area contributed by atoms with Gasteiger partial charge in [0.15, 0.2) is 0 Å². The van der Waals surface area contributed by atoms with Gasteiger partial charge in [-0.1, -0.05) is 70.3 Å². The molecule has 0 aromatic heterocycles. The van der Waals surface area contributed by atoms with Crippen molar-refractivity contribution in [3.8, 4) is 0 Å². The van der Waals surface area contributed by atoms with E-state index in [4.69, 9.17) is 4.74 Å². The second-order valence-electron chi connectivity index (χ2n) is 6.68. The summed E-state index contributed by atoms with van der Waals surface area (Å²) in [7, 11) is 0. The van der Waals surface area contributed by atoms with Gasteiger partial charge >= 0.3 is 0 Å². The molecule has 0 amide bonds. The van der Waals surface area contributed by atoms with Crippen molar-refractivity contribution in [3.05, 3.63) is 12.2 Å². The van der Waals surface area contributed by atoms with Crippen LogP contribution >= 0.6 is 0 Å². The van der Waals surface area contributed by atoms with Crippen LogP contribution in [-0.2, 0) is 4.74 Å². The normalized spacial score (nSPS) is 21.1. The summed E-state index contributed by atoms with van der Waals surface area (Å²) in [6.45, 7) is 8.36. The number of hydrogen-bond donors (Lipinski definition) is 0. The highest BCUT2D eigenvalue weighted by molar-refractivity contribution is 4.88. The van der Waals surface area contributed by atoms with Crippen molar-refractivity contribution < 1.29 is 4.74 Å². The average molecular weight is 280 g/mol. The minimum Gasteiger partial charge on any atom is -0.370 e. The summed E-state index contributed by atoms with van der Waals surface area (Å²) < 4.78 is 5.76. The fourth-order valence-electron chi connectivity index (χ4n) is 2.94. The molecule has 1 aliphatic rings. The lowest BCUT2D eigenvalue weighted by molar-refractivity contribution is 0.348. The molecule has 0 aliphatic carbocycles. The second-order valence-corrected chi connectivity index (χ2v) is 6.68. The van der Waals surface area contributed by atoms with Crippen molar-refractivity contribution in [1.82, 2.24) is 0 Å². The maximum absolute atomic E-state index is 5.76. The predicted octanol–water partition coefficient (Wildman–Crippen LogP) is 6.42. The first-order valence-electron chi connectivity index (χ1n) is 9.04. The van der Waals surface area contributed by atoms with E-state index in [0.717, 1.165) is 0 Å². The molecule has 2 atom stereocenters. The fraction of sp³-hybridized carbons (Fsp3) is 0.895. The minimum atomic E-state index is 0.602. The maximum Gasteiger partial charge on any atom is 0.0841 e. The van der Waals surface area contributed by atoms with Crippen LogP contribution in [0.15, 0.2) is 12.2 Å². The average Bonchev–Trinajstić information content (AvgIpc) is 3.16. The Morgan fingerprint density at radius 3 is 1.85 bits per heavy atom. The Morgan fingerprint density at radius 2 is 1.30 bits per heavy atom. The molecular formula is C19H36O. The SMILES string of the molecule is C=C(C)CCCC[C@@H]1O[C@@H]1CCCCCCCCCC. The lowest BCUT2D eigenvalue weighted by Gasteiger charge is -2.01. The smallest absolute Gasteiger partial charge is 0.0841 e. The van der Waals surface area contributed by atoms with E-state index >= 15 is 0 Å². The summed E-state index contributed by atoms with van der Waals surface area (Å²) in [5.41, 5.74) is 1.32. The van der Waals surface area contributed by atoms with Gasteiger partial charge in [0.05, 0.1) is 12.2 Å². The summed E-state index contributed by atoms with van der Waals surface area (Å²) in [6, 6.07) is 0. The molecule has 118 valence electrons. The van der Waals surface area contributed by atoms with Crippen LogP contribution in [0.1, 0.15) is 97.3 Å². The highest BCUT2D eigenvalue weighted by atomic mass is 16.6. The van der Waals surface area contributed by atoms with Crippen LogP contribution in [0.2, 0.25) is 0 Å². The van der Waals surface area contributed by atoms with Gasteiger partial charge in [0.1, 0.15) is 0 Å². The number of allylic oxidation sites excluding steroid dienone is 1.